The monoisotopic (exact) mass is 1130 g/mol. The molecule has 3 aliphatic rings. The largest absolute Gasteiger partial charge is 0.475 e. The number of hydrogen-bond donors (Lipinski definition) is 1. The molecular weight excluding hydrogens is 1060 g/mol. The Morgan fingerprint density at radius 3 is 2.14 bits per heavy atom. The van der Waals surface area contributed by atoms with Crippen LogP contribution in [0.2, 0.25) is 36.3 Å². The summed E-state index contributed by atoms with van der Waals surface area (Å²) in [5.74, 6) is -0.370. The first-order valence-corrected chi connectivity index (χ1v) is 33.1. The zero-order chi connectivity index (χ0) is 55.0. The number of nitro groups is 1. The number of imidazole rings is 1. The van der Waals surface area contributed by atoms with Gasteiger partial charge in [0.1, 0.15) is 49.6 Å². The number of phosphoric acid groups is 2. The van der Waals surface area contributed by atoms with Crippen LogP contribution >= 0.6 is 15.6 Å². The number of non-ortho nitro benzene ring substituents is 1. The minimum absolute atomic E-state index is 0.0847. The maximum Gasteiger partial charge on any atom is 0.475 e. The van der Waals surface area contributed by atoms with Crippen LogP contribution in [-0.2, 0) is 54.6 Å². The molecule has 408 valence electrons. The number of aromatic nitrogens is 7. The quantitative estimate of drug-likeness (QED) is 0.0255. The molecule has 6 heterocycles. The van der Waals surface area contributed by atoms with Crippen LogP contribution in [0.4, 0.5) is 11.5 Å². The van der Waals surface area contributed by atoms with E-state index in [1.54, 1.807) is 30.3 Å². The topological polar surface area (TPSA) is 301 Å². The van der Waals surface area contributed by atoms with Crippen LogP contribution in [0.25, 0.3) is 27.0 Å². The molecule has 5 aromatic rings. The Bertz CT molecular complexity index is 3120. The van der Waals surface area contributed by atoms with Crippen LogP contribution in [0, 0.1) is 28.0 Å². The fraction of sp³-hybridized carbons (Fsp3) is 0.565. The molecular formula is C46H61N11O15P2Si2. The molecule has 1 amide bonds. The van der Waals surface area contributed by atoms with Crippen molar-refractivity contribution in [2.24, 2.45) is 0 Å². The Morgan fingerprint density at radius 2 is 1.50 bits per heavy atom. The number of rotatable bonds is 15. The molecule has 3 aromatic heterocycles. The first-order chi connectivity index (χ1) is 35.8. The molecule has 3 fully saturated rings. The highest BCUT2D eigenvalue weighted by Gasteiger charge is 2.59. The van der Waals surface area contributed by atoms with Crippen LogP contribution in [0.1, 0.15) is 70.8 Å². The summed E-state index contributed by atoms with van der Waals surface area (Å²) < 4.78 is 99.2. The maximum atomic E-state index is 15.6. The molecule has 0 aliphatic carbocycles. The van der Waals surface area contributed by atoms with E-state index >= 15 is 9.13 Å². The number of ether oxygens (including phenoxy) is 2. The first-order valence-electron chi connectivity index (χ1n) is 24.3. The van der Waals surface area contributed by atoms with E-state index in [2.05, 4.69) is 35.4 Å². The van der Waals surface area contributed by atoms with Crippen molar-refractivity contribution < 1.29 is 64.3 Å². The van der Waals surface area contributed by atoms with Gasteiger partial charge in [0.15, 0.2) is 51.6 Å². The van der Waals surface area contributed by atoms with E-state index < -0.39 is 129 Å². The van der Waals surface area contributed by atoms with Crippen molar-refractivity contribution in [2.45, 2.75) is 133 Å². The molecule has 26 nitrogen and oxygen atoms in total. The number of fused-ring (bicyclic) bond motifs is 5. The average Bonchev–Trinajstić information content (AvgIpc) is 4.15. The number of nitriles is 1. The summed E-state index contributed by atoms with van der Waals surface area (Å²) in [4.78, 5) is 41.7. The number of nitrogens with zero attached hydrogens (tertiary/aromatic N) is 10. The maximum absolute atomic E-state index is 15.6. The third-order valence-corrected chi connectivity index (χ3v) is 26.0. The van der Waals surface area contributed by atoms with Crippen molar-refractivity contribution in [1.29, 1.82) is 5.26 Å². The van der Waals surface area contributed by atoms with E-state index in [1.165, 1.54) is 40.1 Å². The Balaban J connectivity index is 1.26. The Labute approximate surface area is 440 Å². The minimum atomic E-state index is -4.97. The van der Waals surface area contributed by atoms with Gasteiger partial charge in [-0.2, -0.15) is 5.26 Å². The number of benzene rings is 2. The molecule has 0 radical (unpaired) electrons. The standard InChI is InChI=1S/C46H61N11O15P2Si2/c1-45(2,3)75(8,9)71-37-33-26-66-74(62,64-24-22-48-7)69-36-32(25-65-73(61,63-23-16-21-47)70-38(37)44(68-33)56-30-19-15-20-31(57(59)60)34(30)53-54-56)67-43(39(36)72-76(10,11)46(4,5)6)55-28-51-35-40(49-27-50-41(35)55)52-42(58)29-17-13-12-14-18-29/h12-15,17-20,27-28,32-33,36-39,43-44H,16,22-26H2,1-6,8-11H3,(H,49,50,52,58)/t32-,33-,36-,37-,38-,39-,43-,44-,73?,74?/m1/s1. The summed E-state index contributed by atoms with van der Waals surface area (Å²) in [7, 11) is -15.7. The summed E-state index contributed by atoms with van der Waals surface area (Å²) >= 11 is 0. The van der Waals surface area contributed by atoms with Crippen molar-refractivity contribution in [2.75, 3.05) is 38.3 Å². The van der Waals surface area contributed by atoms with E-state index in [-0.39, 0.29) is 46.7 Å². The number of nitro benzene ring substituents is 1. The van der Waals surface area contributed by atoms with Crippen molar-refractivity contribution >= 4 is 71.9 Å². The van der Waals surface area contributed by atoms with Crippen molar-refractivity contribution in [3.05, 3.63) is 88.3 Å². The Hall–Kier alpha value is -5.27. The van der Waals surface area contributed by atoms with Crippen LogP contribution in [0.5, 0.6) is 0 Å². The second-order valence-corrected chi connectivity index (χ2v) is 34.0. The second-order valence-electron chi connectivity index (χ2n) is 21.2. The van der Waals surface area contributed by atoms with Crippen molar-refractivity contribution in [1.82, 2.24) is 34.5 Å². The minimum Gasteiger partial charge on any atom is -0.408 e. The SMILES string of the molecule is [C-]#[N+]CCOP1(=O)OC[C@H]2O[C@@H](n3nnc4c([N+](=O)[O-])cccc43)[C@H](OP(=O)(OCCC#N)OC[C@H]3O[C@@H](n4cnc5c(NC(=O)c6ccccc6)ncnc54)[C@H](O[Si](C)(C)C(C)(C)C)[C@@H]3O1)[C@@H]2O[Si](C)(C)C(C)(C)C. The van der Waals surface area contributed by atoms with E-state index in [4.69, 9.17) is 52.0 Å². The van der Waals surface area contributed by atoms with Crippen LogP contribution in [0.3, 0.4) is 0 Å². The van der Waals surface area contributed by atoms with E-state index in [0.717, 1.165) is 0 Å². The van der Waals surface area contributed by atoms with E-state index in [9.17, 15) is 20.2 Å². The second kappa shape index (κ2) is 22.2. The molecule has 8 rings (SSSR count). The van der Waals surface area contributed by atoms with Gasteiger partial charge in [0.25, 0.3) is 11.6 Å². The van der Waals surface area contributed by atoms with Crippen molar-refractivity contribution in [3.63, 3.8) is 0 Å². The molecule has 1 N–H and O–H groups in total. The fourth-order valence-corrected chi connectivity index (χ4v) is 13.4. The number of amides is 1. The lowest BCUT2D eigenvalue weighted by molar-refractivity contribution is -0.383. The normalized spacial score (nSPS) is 27.7. The third-order valence-electron chi connectivity index (χ3n) is 14.1. The van der Waals surface area contributed by atoms with Gasteiger partial charge in [-0.25, -0.2) is 35.3 Å². The number of phosphoric ester groups is 2. The van der Waals surface area contributed by atoms with Gasteiger partial charge >= 0.3 is 15.6 Å². The highest BCUT2D eigenvalue weighted by atomic mass is 31.2. The van der Waals surface area contributed by atoms with Gasteiger partial charge in [-0.05, 0) is 54.5 Å². The summed E-state index contributed by atoms with van der Waals surface area (Å²) in [5, 5.41) is 32.1. The van der Waals surface area contributed by atoms with Gasteiger partial charge in [0.2, 0.25) is 6.54 Å². The number of carbonyl (C=O) groups excluding carboxylic acids is 1. The third kappa shape index (κ3) is 11.9. The average molecular weight is 1130 g/mol. The Morgan fingerprint density at radius 1 is 0.868 bits per heavy atom. The number of anilines is 1. The van der Waals surface area contributed by atoms with Crippen LogP contribution < -0.4 is 5.32 Å². The highest BCUT2D eigenvalue weighted by Crippen LogP contribution is 2.59. The molecule has 2 bridgehead atoms. The molecule has 2 aromatic carbocycles. The van der Waals surface area contributed by atoms with Crippen LogP contribution in [0.15, 0.2) is 61.2 Å². The molecule has 76 heavy (non-hydrogen) atoms. The fourth-order valence-electron chi connectivity index (χ4n) is 8.05. The zero-order valence-electron chi connectivity index (χ0n) is 43.6. The molecule has 2 unspecified atom stereocenters. The molecule has 10 atom stereocenters. The number of nitrogens with one attached hydrogen (secondary N) is 1. The number of carbonyl (C=O) groups is 1. The highest BCUT2D eigenvalue weighted by molar-refractivity contribution is 7.48. The van der Waals surface area contributed by atoms with Gasteiger partial charge in [-0.1, -0.05) is 71.0 Å². The van der Waals surface area contributed by atoms with Gasteiger partial charge in [-0.3, -0.25) is 46.6 Å². The summed E-state index contributed by atoms with van der Waals surface area (Å²) in [6.45, 7) is 25.0. The summed E-state index contributed by atoms with van der Waals surface area (Å²) in [5.41, 5.74) is 0.402. The molecule has 0 spiro atoms. The molecule has 3 aliphatic heterocycles. The van der Waals surface area contributed by atoms with Gasteiger partial charge in [0.05, 0.1) is 49.1 Å². The lowest BCUT2D eigenvalue weighted by atomic mass is 10.1. The number of hydrogen-bond acceptors (Lipinski definition) is 21. The molecule has 30 heteroatoms. The lowest BCUT2D eigenvalue weighted by Gasteiger charge is -2.41. The van der Waals surface area contributed by atoms with Crippen LogP contribution in [-0.4, -0.2) is 132 Å². The summed E-state index contributed by atoms with van der Waals surface area (Å²) in [6, 6.07) is 14.7. The zero-order valence-corrected chi connectivity index (χ0v) is 47.4. The summed E-state index contributed by atoms with van der Waals surface area (Å²) in [6.07, 6.45) is -8.45. The Kier molecular flexibility index (Phi) is 16.7. The molecule has 0 saturated carbocycles. The van der Waals surface area contributed by atoms with Gasteiger partial charge < -0.3 is 28.5 Å². The smallest absolute Gasteiger partial charge is 0.408 e. The predicted octanol–water partition coefficient (Wildman–Crippen LogP) is 8.91. The lowest BCUT2D eigenvalue weighted by Crippen LogP contribution is -2.50. The molecule has 3 saturated heterocycles. The van der Waals surface area contributed by atoms with E-state index in [1.807, 2.05) is 73.8 Å². The van der Waals surface area contributed by atoms with Crippen molar-refractivity contribution in [3.8, 4) is 6.07 Å². The van der Waals surface area contributed by atoms with Gasteiger partial charge in [0, 0.05) is 11.6 Å². The van der Waals surface area contributed by atoms with E-state index in [0.29, 0.717) is 5.56 Å². The predicted molar refractivity (Wildman–Crippen MR) is 276 cm³/mol. The van der Waals surface area contributed by atoms with Gasteiger partial charge in [-0.15, -0.1) is 5.10 Å². The first kappa shape index (κ1) is 56.9.